The van der Waals surface area contributed by atoms with Gasteiger partial charge in [0.25, 0.3) is 0 Å². The first-order valence-corrected chi connectivity index (χ1v) is 7.25. The van der Waals surface area contributed by atoms with Crippen LogP contribution in [0, 0.1) is 0 Å². The van der Waals surface area contributed by atoms with Gasteiger partial charge in [-0.25, -0.2) is 0 Å². The first kappa shape index (κ1) is 14.9. The van der Waals surface area contributed by atoms with Crippen molar-refractivity contribution in [3.05, 3.63) is 0 Å². The van der Waals surface area contributed by atoms with E-state index in [2.05, 4.69) is 37.6 Å². The maximum absolute atomic E-state index is 6.10. The molecule has 0 aliphatic carbocycles. The van der Waals surface area contributed by atoms with Crippen LogP contribution in [-0.4, -0.2) is 54.6 Å². The SMILES string of the molecule is CCCC(C)N(C)C1(CN)CCN(CC)CC1. The molecule has 0 saturated carbocycles. The largest absolute Gasteiger partial charge is 0.329 e. The zero-order chi connectivity index (χ0) is 12.9. The van der Waals surface area contributed by atoms with Gasteiger partial charge in [0.15, 0.2) is 0 Å². The van der Waals surface area contributed by atoms with Crippen molar-refractivity contribution in [1.82, 2.24) is 9.80 Å². The number of likely N-dealkylation sites (N-methyl/N-ethyl adjacent to an activating group) is 1. The fraction of sp³-hybridized carbons (Fsp3) is 1.00. The van der Waals surface area contributed by atoms with Gasteiger partial charge in [0.2, 0.25) is 0 Å². The van der Waals surface area contributed by atoms with Gasteiger partial charge in [-0.2, -0.15) is 0 Å². The minimum atomic E-state index is 0.250. The van der Waals surface area contributed by atoms with Gasteiger partial charge in [0.05, 0.1) is 0 Å². The molecule has 1 fully saturated rings. The van der Waals surface area contributed by atoms with Crippen molar-refractivity contribution in [3.8, 4) is 0 Å². The summed E-state index contributed by atoms with van der Waals surface area (Å²) in [6.45, 7) is 11.2. The fourth-order valence-electron chi connectivity index (χ4n) is 3.07. The third-order valence-corrected chi connectivity index (χ3v) is 4.73. The van der Waals surface area contributed by atoms with Gasteiger partial charge < -0.3 is 10.6 Å². The summed E-state index contributed by atoms with van der Waals surface area (Å²) < 4.78 is 0. The highest BCUT2D eigenvalue weighted by Gasteiger charge is 2.38. The number of likely N-dealkylation sites (tertiary alicyclic amines) is 1. The van der Waals surface area contributed by atoms with E-state index in [1.165, 1.54) is 45.3 Å². The molecule has 1 rings (SSSR count). The van der Waals surface area contributed by atoms with Gasteiger partial charge in [0, 0.05) is 18.1 Å². The van der Waals surface area contributed by atoms with Crippen LogP contribution in [0.15, 0.2) is 0 Å². The Morgan fingerprint density at radius 3 is 2.29 bits per heavy atom. The second-order valence-corrected chi connectivity index (χ2v) is 5.61. The lowest BCUT2D eigenvalue weighted by atomic mass is 9.84. The molecule has 1 unspecified atom stereocenters. The van der Waals surface area contributed by atoms with E-state index in [0.717, 1.165) is 6.54 Å². The summed E-state index contributed by atoms with van der Waals surface area (Å²) in [4.78, 5) is 5.09. The second-order valence-electron chi connectivity index (χ2n) is 5.61. The van der Waals surface area contributed by atoms with Crippen LogP contribution in [0.1, 0.15) is 46.5 Å². The fourth-order valence-corrected chi connectivity index (χ4v) is 3.07. The van der Waals surface area contributed by atoms with Gasteiger partial charge >= 0.3 is 0 Å². The molecule has 0 aromatic rings. The molecule has 3 heteroatoms. The Hall–Kier alpha value is -0.120. The van der Waals surface area contributed by atoms with Crippen molar-refractivity contribution in [2.75, 3.05) is 33.2 Å². The highest BCUT2D eigenvalue weighted by Crippen LogP contribution is 2.29. The number of rotatable bonds is 6. The molecule has 17 heavy (non-hydrogen) atoms. The average molecular weight is 241 g/mol. The Balaban J connectivity index is 2.63. The van der Waals surface area contributed by atoms with E-state index in [4.69, 9.17) is 5.73 Å². The zero-order valence-electron chi connectivity index (χ0n) is 12.2. The van der Waals surface area contributed by atoms with E-state index in [1.54, 1.807) is 0 Å². The molecule has 1 aliphatic rings. The number of hydrogen-bond acceptors (Lipinski definition) is 3. The zero-order valence-corrected chi connectivity index (χ0v) is 12.2. The molecule has 0 radical (unpaired) electrons. The number of piperidine rings is 1. The van der Waals surface area contributed by atoms with E-state index in [9.17, 15) is 0 Å². The van der Waals surface area contributed by atoms with Crippen molar-refractivity contribution in [2.45, 2.75) is 58.0 Å². The van der Waals surface area contributed by atoms with Crippen LogP contribution in [0.4, 0.5) is 0 Å². The molecule has 1 aliphatic heterocycles. The van der Waals surface area contributed by atoms with Crippen molar-refractivity contribution < 1.29 is 0 Å². The first-order valence-electron chi connectivity index (χ1n) is 7.25. The van der Waals surface area contributed by atoms with E-state index in [1.807, 2.05) is 0 Å². The molecular formula is C14H31N3. The minimum absolute atomic E-state index is 0.250. The third kappa shape index (κ3) is 3.43. The third-order valence-electron chi connectivity index (χ3n) is 4.73. The predicted molar refractivity (Wildman–Crippen MR) is 75.3 cm³/mol. The predicted octanol–water partition coefficient (Wildman–Crippen LogP) is 1.92. The van der Waals surface area contributed by atoms with Crippen LogP contribution < -0.4 is 5.73 Å². The molecule has 1 saturated heterocycles. The summed E-state index contributed by atoms with van der Waals surface area (Å²) in [6.07, 6.45) is 4.98. The lowest BCUT2D eigenvalue weighted by Crippen LogP contribution is -2.60. The van der Waals surface area contributed by atoms with Crippen LogP contribution in [-0.2, 0) is 0 Å². The van der Waals surface area contributed by atoms with Crippen LogP contribution in [0.3, 0.4) is 0 Å². The molecule has 1 heterocycles. The Kier molecular flexibility index (Phi) is 5.90. The Morgan fingerprint density at radius 2 is 1.88 bits per heavy atom. The Bertz CT molecular complexity index is 210. The maximum Gasteiger partial charge on any atom is 0.0355 e. The van der Waals surface area contributed by atoms with Gasteiger partial charge in [-0.15, -0.1) is 0 Å². The summed E-state index contributed by atoms with van der Waals surface area (Å²) >= 11 is 0. The average Bonchev–Trinajstić information content (AvgIpc) is 2.38. The topological polar surface area (TPSA) is 32.5 Å². The van der Waals surface area contributed by atoms with Crippen LogP contribution in [0.5, 0.6) is 0 Å². The Labute approximate surface area is 107 Å². The molecule has 2 N–H and O–H groups in total. The summed E-state index contributed by atoms with van der Waals surface area (Å²) in [6, 6.07) is 0.650. The van der Waals surface area contributed by atoms with Crippen LogP contribution in [0.2, 0.25) is 0 Å². The molecular weight excluding hydrogens is 210 g/mol. The number of nitrogens with two attached hydrogens (primary N) is 1. The molecule has 0 amide bonds. The molecule has 0 bridgehead atoms. The standard InChI is InChI=1S/C14H31N3/c1-5-7-13(3)16(4)14(12-15)8-10-17(6-2)11-9-14/h13H,5-12,15H2,1-4H3. The monoisotopic (exact) mass is 241 g/mol. The summed E-state index contributed by atoms with van der Waals surface area (Å²) in [5.41, 5.74) is 6.35. The molecule has 0 spiro atoms. The normalized spacial score (nSPS) is 22.9. The minimum Gasteiger partial charge on any atom is -0.329 e. The Morgan fingerprint density at radius 1 is 1.29 bits per heavy atom. The lowest BCUT2D eigenvalue weighted by molar-refractivity contribution is 0.0201. The van der Waals surface area contributed by atoms with E-state index >= 15 is 0 Å². The maximum atomic E-state index is 6.10. The van der Waals surface area contributed by atoms with Gasteiger partial charge in [-0.1, -0.05) is 20.3 Å². The van der Waals surface area contributed by atoms with E-state index in [0.29, 0.717) is 6.04 Å². The highest BCUT2D eigenvalue weighted by atomic mass is 15.2. The van der Waals surface area contributed by atoms with Crippen LogP contribution >= 0.6 is 0 Å². The molecule has 102 valence electrons. The van der Waals surface area contributed by atoms with E-state index in [-0.39, 0.29) is 5.54 Å². The molecule has 0 aromatic heterocycles. The van der Waals surface area contributed by atoms with Crippen LogP contribution in [0.25, 0.3) is 0 Å². The van der Waals surface area contributed by atoms with E-state index < -0.39 is 0 Å². The van der Waals surface area contributed by atoms with Crippen molar-refractivity contribution >= 4 is 0 Å². The second kappa shape index (κ2) is 6.72. The van der Waals surface area contributed by atoms with Crippen molar-refractivity contribution in [1.29, 1.82) is 0 Å². The first-order chi connectivity index (χ1) is 8.09. The quantitative estimate of drug-likeness (QED) is 0.771. The van der Waals surface area contributed by atoms with Gasteiger partial charge in [-0.05, 0) is 52.9 Å². The lowest BCUT2D eigenvalue weighted by Gasteiger charge is -2.49. The van der Waals surface area contributed by atoms with Gasteiger partial charge in [-0.3, -0.25) is 4.90 Å². The summed E-state index contributed by atoms with van der Waals surface area (Å²) in [7, 11) is 2.27. The smallest absolute Gasteiger partial charge is 0.0355 e. The van der Waals surface area contributed by atoms with Gasteiger partial charge in [0.1, 0.15) is 0 Å². The number of hydrogen-bond donors (Lipinski definition) is 1. The van der Waals surface area contributed by atoms with Crippen molar-refractivity contribution in [3.63, 3.8) is 0 Å². The molecule has 1 atom stereocenters. The highest BCUT2D eigenvalue weighted by molar-refractivity contribution is 4.96. The van der Waals surface area contributed by atoms with Crippen molar-refractivity contribution in [2.24, 2.45) is 5.73 Å². The molecule has 3 nitrogen and oxygen atoms in total. The molecule has 0 aromatic carbocycles. The summed E-state index contributed by atoms with van der Waals surface area (Å²) in [5, 5.41) is 0. The number of nitrogens with zero attached hydrogens (tertiary/aromatic N) is 2. The summed E-state index contributed by atoms with van der Waals surface area (Å²) in [5.74, 6) is 0.